The van der Waals surface area contributed by atoms with Crippen LogP contribution in [0, 0.1) is 0 Å². The van der Waals surface area contributed by atoms with Gasteiger partial charge in [0.2, 0.25) is 0 Å². The molecule has 0 saturated carbocycles. The Morgan fingerprint density at radius 2 is 1.81 bits per heavy atom. The highest BCUT2D eigenvalue weighted by atomic mass is 16.5. The number of ether oxygens (including phenoxy) is 3. The maximum absolute atomic E-state index is 12.8. The number of hydrogen-bond acceptors (Lipinski definition) is 9. The van der Waals surface area contributed by atoms with Crippen molar-refractivity contribution in [1.29, 1.82) is 0 Å². The second kappa shape index (κ2) is 14.0. The fourth-order valence-electron chi connectivity index (χ4n) is 5.71. The fraction of sp³-hybridized carbons (Fsp3) is 0.531. The molecule has 0 aliphatic carbocycles. The average Bonchev–Trinajstić information content (AvgIpc) is 3.00. The summed E-state index contributed by atoms with van der Waals surface area (Å²) < 4.78 is 17.6. The van der Waals surface area contributed by atoms with Crippen molar-refractivity contribution >= 4 is 22.6 Å². The molecule has 10 heteroatoms. The lowest BCUT2D eigenvalue weighted by Crippen LogP contribution is -2.53. The number of likely N-dealkylation sites (tertiary alicyclic amines) is 1. The summed E-state index contributed by atoms with van der Waals surface area (Å²) in [7, 11) is 1.67. The second-order valence-electron chi connectivity index (χ2n) is 11.4. The van der Waals surface area contributed by atoms with Crippen LogP contribution in [0.15, 0.2) is 42.7 Å². The molecule has 5 rings (SSSR count). The maximum atomic E-state index is 12.8. The summed E-state index contributed by atoms with van der Waals surface area (Å²) in [6.45, 7) is 11.9. The van der Waals surface area contributed by atoms with Crippen LogP contribution in [0.2, 0.25) is 0 Å². The van der Waals surface area contributed by atoms with Crippen LogP contribution in [-0.2, 0) is 0 Å². The number of methoxy groups -OCH3 is 1. The molecule has 1 atom stereocenters. The minimum atomic E-state index is -0.130. The van der Waals surface area contributed by atoms with Crippen molar-refractivity contribution in [2.45, 2.75) is 58.6 Å². The van der Waals surface area contributed by atoms with E-state index < -0.39 is 0 Å². The minimum absolute atomic E-state index is 0.0905. The molecule has 1 unspecified atom stereocenters. The van der Waals surface area contributed by atoms with Crippen molar-refractivity contribution < 1.29 is 19.0 Å². The van der Waals surface area contributed by atoms with Gasteiger partial charge in [0, 0.05) is 55.8 Å². The normalized spacial score (nSPS) is 18.3. The molecule has 2 aliphatic heterocycles. The summed E-state index contributed by atoms with van der Waals surface area (Å²) in [4.78, 5) is 26.8. The van der Waals surface area contributed by atoms with Gasteiger partial charge in [-0.25, -0.2) is 15.0 Å². The molecule has 3 aromatic rings. The van der Waals surface area contributed by atoms with Crippen LogP contribution in [0.5, 0.6) is 17.2 Å². The van der Waals surface area contributed by atoms with Crippen molar-refractivity contribution in [2.75, 3.05) is 57.9 Å². The number of rotatable bonds is 11. The summed E-state index contributed by atoms with van der Waals surface area (Å²) in [6.07, 6.45) is 6.58. The predicted octanol–water partition coefficient (Wildman–Crippen LogP) is 4.54. The van der Waals surface area contributed by atoms with E-state index in [2.05, 4.69) is 32.1 Å². The number of fused-ring (bicyclic) bond motifs is 1. The van der Waals surface area contributed by atoms with Crippen molar-refractivity contribution in [2.24, 2.45) is 0 Å². The van der Waals surface area contributed by atoms with Gasteiger partial charge in [-0.15, -0.1) is 0 Å². The van der Waals surface area contributed by atoms with E-state index in [0.29, 0.717) is 55.9 Å². The zero-order chi connectivity index (χ0) is 29.5. The number of amides is 1. The Labute approximate surface area is 248 Å². The van der Waals surface area contributed by atoms with Gasteiger partial charge < -0.3 is 24.0 Å². The lowest BCUT2D eigenvalue weighted by molar-refractivity contribution is 0.0777. The molecule has 3 heterocycles. The van der Waals surface area contributed by atoms with Gasteiger partial charge in [-0.3, -0.25) is 10.2 Å². The van der Waals surface area contributed by atoms with E-state index in [1.165, 1.54) is 25.8 Å². The van der Waals surface area contributed by atoms with E-state index in [1.54, 1.807) is 25.6 Å². The summed E-state index contributed by atoms with van der Waals surface area (Å²) >= 11 is 0. The number of nitrogens with zero attached hydrogens (tertiary/aromatic N) is 5. The number of piperidine rings is 1. The van der Waals surface area contributed by atoms with E-state index >= 15 is 0 Å². The van der Waals surface area contributed by atoms with Gasteiger partial charge in [-0.2, -0.15) is 0 Å². The third-order valence-corrected chi connectivity index (χ3v) is 8.01. The highest BCUT2D eigenvalue weighted by Gasteiger charge is 2.23. The molecule has 2 saturated heterocycles. The molecule has 0 bridgehead atoms. The fourth-order valence-corrected chi connectivity index (χ4v) is 5.71. The lowest BCUT2D eigenvalue weighted by atomic mass is 10.0. The molecule has 0 radical (unpaired) electrons. The van der Waals surface area contributed by atoms with Gasteiger partial charge in [-0.05, 0) is 76.9 Å². The zero-order valence-electron chi connectivity index (χ0n) is 25.3. The van der Waals surface area contributed by atoms with Gasteiger partial charge in [0.05, 0.1) is 25.3 Å². The molecule has 1 amide bonds. The highest BCUT2D eigenvalue weighted by molar-refractivity contribution is 5.94. The second-order valence-corrected chi connectivity index (χ2v) is 11.4. The Hall–Kier alpha value is -3.63. The maximum Gasteiger partial charge on any atom is 0.265 e. The van der Waals surface area contributed by atoms with Crippen LogP contribution in [0.3, 0.4) is 0 Å². The van der Waals surface area contributed by atoms with Gasteiger partial charge in [0.15, 0.2) is 11.5 Å². The SMILES string of the molecule is COc1cc2c(N3CCN(NC(=O)c4ccc(OC(C)C)cc4)CC3)ncnc2cc1OCCCN1CCCCC1C. The van der Waals surface area contributed by atoms with Crippen LogP contribution < -0.4 is 24.5 Å². The minimum Gasteiger partial charge on any atom is -0.493 e. The summed E-state index contributed by atoms with van der Waals surface area (Å²) in [5, 5.41) is 2.88. The Morgan fingerprint density at radius 1 is 1.02 bits per heavy atom. The average molecular weight is 577 g/mol. The lowest BCUT2D eigenvalue weighted by Gasteiger charge is -2.35. The zero-order valence-corrected chi connectivity index (χ0v) is 25.3. The van der Waals surface area contributed by atoms with Crippen LogP contribution in [-0.4, -0.2) is 90.9 Å². The number of aromatic nitrogens is 2. The summed E-state index contributed by atoms with van der Waals surface area (Å²) in [5.41, 5.74) is 4.45. The number of hydrazine groups is 1. The molecule has 226 valence electrons. The van der Waals surface area contributed by atoms with Gasteiger partial charge >= 0.3 is 0 Å². The molecule has 0 spiro atoms. The van der Waals surface area contributed by atoms with Crippen LogP contribution in [0.4, 0.5) is 5.82 Å². The summed E-state index contributed by atoms with van der Waals surface area (Å²) in [6, 6.07) is 11.8. The van der Waals surface area contributed by atoms with Crippen LogP contribution in [0.1, 0.15) is 56.8 Å². The first kappa shape index (κ1) is 29.8. The van der Waals surface area contributed by atoms with Crippen molar-refractivity contribution in [1.82, 2.24) is 25.3 Å². The molecule has 2 fully saturated rings. The third kappa shape index (κ3) is 7.41. The summed E-state index contributed by atoms with van der Waals surface area (Å²) in [5.74, 6) is 2.87. The largest absolute Gasteiger partial charge is 0.493 e. The van der Waals surface area contributed by atoms with Crippen LogP contribution >= 0.6 is 0 Å². The molecule has 42 heavy (non-hydrogen) atoms. The van der Waals surface area contributed by atoms with Gasteiger partial charge in [-0.1, -0.05) is 6.42 Å². The van der Waals surface area contributed by atoms with E-state index in [9.17, 15) is 4.79 Å². The molecule has 10 nitrogen and oxygen atoms in total. The van der Waals surface area contributed by atoms with E-state index in [4.69, 9.17) is 14.2 Å². The van der Waals surface area contributed by atoms with Crippen molar-refractivity contribution in [3.63, 3.8) is 0 Å². The number of hydrogen-bond donors (Lipinski definition) is 1. The smallest absolute Gasteiger partial charge is 0.265 e. The van der Waals surface area contributed by atoms with Gasteiger partial charge in [0.25, 0.3) is 5.91 Å². The first-order valence-corrected chi connectivity index (χ1v) is 15.2. The molecule has 2 aromatic carbocycles. The Bertz CT molecular complexity index is 1330. The van der Waals surface area contributed by atoms with E-state index in [-0.39, 0.29) is 12.0 Å². The topological polar surface area (TPSA) is 92.3 Å². The first-order chi connectivity index (χ1) is 20.4. The monoisotopic (exact) mass is 576 g/mol. The van der Waals surface area contributed by atoms with Crippen molar-refractivity contribution in [3.05, 3.63) is 48.3 Å². The highest BCUT2D eigenvalue weighted by Crippen LogP contribution is 2.35. The molecular weight excluding hydrogens is 532 g/mol. The number of benzene rings is 2. The van der Waals surface area contributed by atoms with Crippen LogP contribution in [0.25, 0.3) is 10.9 Å². The molecular formula is C32H44N6O4. The number of carbonyl (C=O) groups excluding carboxylic acids is 1. The molecule has 2 aliphatic rings. The standard InChI is InChI=1S/C32H44N6O4/c1-23(2)42-26-11-9-25(10-12-26)32(39)35-38-17-15-37(16-18-38)31-27-20-29(40-4)30(21-28(27)33-22-34-31)41-19-7-14-36-13-6-5-8-24(36)3/h9-12,20-24H,5-8,13-19H2,1-4H3,(H,35,39). The number of carbonyl (C=O) groups is 1. The van der Waals surface area contributed by atoms with E-state index in [1.807, 2.05) is 43.1 Å². The number of piperazine rings is 1. The van der Waals surface area contributed by atoms with E-state index in [0.717, 1.165) is 35.4 Å². The predicted molar refractivity (Wildman–Crippen MR) is 165 cm³/mol. The Morgan fingerprint density at radius 3 is 2.52 bits per heavy atom. The number of nitrogens with one attached hydrogen (secondary N) is 1. The first-order valence-electron chi connectivity index (χ1n) is 15.2. The molecule has 1 N–H and O–H groups in total. The third-order valence-electron chi connectivity index (χ3n) is 8.01. The van der Waals surface area contributed by atoms with Crippen molar-refractivity contribution in [3.8, 4) is 17.2 Å². The molecule has 1 aromatic heterocycles. The quantitative estimate of drug-likeness (QED) is 0.331. The van der Waals surface area contributed by atoms with Gasteiger partial charge in [0.1, 0.15) is 17.9 Å². The Kier molecular flexibility index (Phi) is 9.97. The Balaban J connectivity index is 1.17. The number of anilines is 1.